The average Bonchev–Trinajstić information content (AvgIpc) is 2.63. The minimum Gasteiger partial charge on any atom is -0.461 e. The van der Waals surface area contributed by atoms with Crippen molar-refractivity contribution in [3.8, 4) is 0 Å². The fraction of sp³-hybridized carbons (Fsp3) is 0.556. The predicted molar refractivity (Wildman–Crippen MR) is 105 cm³/mol. The van der Waals surface area contributed by atoms with E-state index < -0.39 is 0 Å². The van der Waals surface area contributed by atoms with Crippen LogP contribution in [0.3, 0.4) is 0 Å². The van der Waals surface area contributed by atoms with Gasteiger partial charge in [0.1, 0.15) is 6.61 Å². The monoisotopic (exact) mass is 367 g/mol. The lowest BCUT2D eigenvalue weighted by Gasteiger charge is -2.17. The Morgan fingerprint density at radius 1 is 1.16 bits per heavy atom. The molecule has 0 saturated heterocycles. The van der Waals surface area contributed by atoms with Gasteiger partial charge < -0.3 is 25.0 Å². The van der Waals surface area contributed by atoms with Crippen molar-refractivity contribution in [1.82, 2.24) is 10.2 Å². The first-order chi connectivity index (χ1) is 12.1. The van der Waals surface area contributed by atoms with Crippen LogP contribution in [-0.2, 0) is 9.47 Å². The normalized spacial score (nSPS) is 10.6. The largest absolute Gasteiger partial charge is 0.461 e. The van der Waals surface area contributed by atoms with Gasteiger partial charge in [0.05, 0.1) is 5.56 Å². The molecule has 1 rings (SSSR count). The third-order valence-electron chi connectivity index (χ3n) is 3.72. The second-order valence-electron chi connectivity index (χ2n) is 5.47. The maximum Gasteiger partial charge on any atom is 0.338 e. The number of nitrogens with one attached hydrogen (secondary N) is 2. The number of nitrogens with zero attached hydrogens (tertiary/aromatic N) is 1. The molecule has 0 saturated carbocycles. The first kappa shape index (κ1) is 21.3. The van der Waals surface area contributed by atoms with Gasteiger partial charge in [-0.15, -0.1) is 0 Å². The Balaban J connectivity index is 2.37. The summed E-state index contributed by atoms with van der Waals surface area (Å²) in [6, 6.07) is 7.08. The average molecular weight is 368 g/mol. The van der Waals surface area contributed by atoms with Crippen LogP contribution >= 0.6 is 12.2 Å². The second kappa shape index (κ2) is 12.6. The lowest BCUT2D eigenvalue weighted by atomic mass is 10.2. The minimum atomic E-state index is -0.307. The van der Waals surface area contributed by atoms with Crippen molar-refractivity contribution in [3.05, 3.63) is 29.8 Å². The molecule has 0 unspecified atom stereocenters. The molecule has 6 nitrogen and oxygen atoms in total. The van der Waals surface area contributed by atoms with Crippen LogP contribution in [-0.4, -0.2) is 62.5 Å². The zero-order valence-corrected chi connectivity index (χ0v) is 16.2. The summed E-state index contributed by atoms with van der Waals surface area (Å²) in [5.41, 5.74) is 1.35. The van der Waals surface area contributed by atoms with Gasteiger partial charge in [0, 0.05) is 32.5 Å². The van der Waals surface area contributed by atoms with E-state index in [1.54, 1.807) is 19.2 Å². The molecule has 0 atom stereocenters. The van der Waals surface area contributed by atoms with Crippen LogP contribution in [0.2, 0.25) is 0 Å². The first-order valence-corrected chi connectivity index (χ1v) is 9.04. The molecule has 0 fully saturated rings. The molecule has 0 amide bonds. The smallest absolute Gasteiger partial charge is 0.338 e. The summed E-state index contributed by atoms with van der Waals surface area (Å²) in [6.45, 7) is 8.68. The van der Waals surface area contributed by atoms with Crippen LogP contribution in [0.4, 0.5) is 5.69 Å². The Labute approximate surface area is 155 Å². The van der Waals surface area contributed by atoms with Gasteiger partial charge in [-0.05, 0) is 56.0 Å². The molecule has 0 aliphatic rings. The number of rotatable bonds is 11. The molecule has 2 N–H and O–H groups in total. The molecule has 0 aliphatic carbocycles. The number of thiocarbonyl (C=S) groups is 1. The number of methoxy groups -OCH3 is 1. The van der Waals surface area contributed by atoms with Gasteiger partial charge in [-0.2, -0.15) is 0 Å². The van der Waals surface area contributed by atoms with Crippen LogP contribution in [0.15, 0.2) is 24.3 Å². The molecular weight excluding hydrogens is 338 g/mol. The fourth-order valence-electron chi connectivity index (χ4n) is 2.17. The molecule has 140 valence electrons. The molecule has 0 radical (unpaired) electrons. The van der Waals surface area contributed by atoms with Crippen LogP contribution < -0.4 is 10.6 Å². The minimum absolute atomic E-state index is 0.307. The Kier molecular flexibility index (Phi) is 10.8. The molecule has 0 aromatic heterocycles. The van der Waals surface area contributed by atoms with E-state index in [9.17, 15) is 4.79 Å². The second-order valence-corrected chi connectivity index (χ2v) is 5.88. The fourth-order valence-corrected chi connectivity index (χ4v) is 2.39. The van der Waals surface area contributed by atoms with E-state index in [4.69, 9.17) is 21.7 Å². The molecular formula is C18H29N3O3S. The van der Waals surface area contributed by atoms with Gasteiger partial charge in [0.25, 0.3) is 0 Å². The number of likely N-dealkylation sites (N-methyl/N-ethyl adjacent to an activating group) is 1. The van der Waals surface area contributed by atoms with Crippen molar-refractivity contribution in [3.63, 3.8) is 0 Å². The molecule has 7 heteroatoms. The van der Waals surface area contributed by atoms with E-state index in [-0.39, 0.29) is 5.97 Å². The van der Waals surface area contributed by atoms with Crippen molar-refractivity contribution >= 4 is 29.0 Å². The van der Waals surface area contributed by atoms with Gasteiger partial charge in [0.15, 0.2) is 5.11 Å². The summed E-state index contributed by atoms with van der Waals surface area (Å²) in [7, 11) is 1.67. The van der Waals surface area contributed by atoms with Gasteiger partial charge in [-0.3, -0.25) is 0 Å². The zero-order valence-electron chi connectivity index (χ0n) is 15.3. The SMILES string of the molecule is CCN(CC)CCOC(=O)c1ccc(NC(=S)NCCCOC)cc1. The lowest BCUT2D eigenvalue weighted by Crippen LogP contribution is -2.29. The molecule has 0 heterocycles. The van der Waals surface area contributed by atoms with E-state index in [0.29, 0.717) is 23.9 Å². The van der Waals surface area contributed by atoms with Gasteiger partial charge in [-0.1, -0.05) is 13.8 Å². The standard InChI is InChI=1S/C18H29N3O3S/c1-4-21(5-2)12-14-24-17(22)15-7-9-16(10-8-15)20-18(25)19-11-6-13-23-3/h7-10H,4-6,11-14H2,1-3H3,(H2,19,20,25). The third-order valence-corrected chi connectivity index (χ3v) is 3.97. The first-order valence-electron chi connectivity index (χ1n) is 8.64. The number of ether oxygens (including phenoxy) is 2. The van der Waals surface area contributed by atoms with Crippen molar-refractivity contribution in [2.24, 2.45) is 0 Å². The third kappa shape index (κ3) is 8.81. The van der Waals surface area contributed by atoms with Crippen molar-refractivity contribution in [2.45, 2.75) is 20.3 Å². The number of hydrogen-bond acceptors (Lipinski definition) is 5. The van der Waals surface area contributed by atoms with Crippen LogP contribution in [0.1, 0.15) is 30.6 Å². The zero-order chi connectivity index (χ0) is 18.5. The molecule has 1 aromatic carbocycles. The van der Waals surface area contributed by atoms with Crippen molar-refractivity contribution in [2.75, 3.05) is 51.8 Å². The molecule has 0 bridgehead atoms. The van der Waals surface area contributed by atoms with Gasteiger partial charge >= 0.3 is 5.97 Å². The number of anilines is 1. The number of carbonyl (C=O) groups excluding carboxylic acids is 1. The Bertz CT molecular complexity index is 519. The highest BCUT2D eigenvalue weighted by Gasteiger charge is 2.08. The maximum absolute atomic E-state index is 12.0. The Morgan fingerprint density at radius 2 is 1.84 bits per heavy atom. The van der Waals surface area contributed by atoms with Gasteiger partial charge in [0.2, 0.25) is 0 Å². The number of carbonyl (C=O) groups is 1. The van der Waals surface area contributed by atoms with Gasteiger partial charge in [-0.25, -0.2) is 4.79 Å². The highest BCUT2D eigenvalue weighted by atomic mass is 32.1. The lowest BCUT2D eigenvalue weighted by molar-refractivity contribution is 0.0466. The number of esters is 1. The van der Waals surface area contributed by atoms with E-state index in [2.05, 4.69) is 29.4 Å². The Morgan fingerprint density at radius 3 is 2.44 bits per heavy atom. The summed E-state index contributed by atoms with van der Waals surface area (Å²) in [6.07, 6.45) is 0.886. The van der Waals surface area contributed by atoms with Crippen molar-refractivity contribution in [1.29, 1.82) is 0 Å². The summed E-state index contributed by atoms with van der Waals surface area (Å²) in [5, 5.41) is 6.72. The van der Waals surface area contributed by atoms with Crippen LogP contribution in [0.5, 0.6) is 0 Å². The quantitative estimate of drug-likeness (QED) is 0.354. The van der Waals surface area contributed by atoms with Crippen LogP contribution in [0, 0.1) is 0 Å². The van der Waals surface area contributed by atoms with Crippen LogP contribution in [0.25, 0.3) is 0 Å². The number of benzene rings is 1. The summed E-state index contributed by atoms with van der Waals surface area (Å²) in [5.74, 6) is -0.307. The number of hydrogen-bond donors (Lipinski definition) is 2. The Hall–Kier alpha value is -1.70. The van der Waals surface area contributed by atoms with E-state index in [0.717, 1.165) is 38.3 Å². The maximum atomic E-state index is 12.0. The van der Waals surface area contributed by atoms with Crippen molar-refractivity contribution < 1.29 is 14.3 Å². The van der Waals surface area contributed by atoms with E-state index in [1.165, 1.54) is 0 Å². The molecule has 0 spiro atoms. The van der Waals surface area contributed by atoms with E-state index >= 15 is 0 Å². The summed E-state index contributed by atoms with van der Waals surface area (Å²) < 4.78 is 10.3. The molecule has 1 aromatic rings. The van der Waals surface area contributed by atoms with E-state index in [1.807, 2.05) is 12.1 Å². The molecule has 0 aliphatic heterocycles. The topological polar surface area (TPSA) is 62.8 Å². The summed E-state index contributed by atoms with van der Waals surface area (Å²) in [4.78, 5) is 14.2. The summed E-state index contributed by atoms with van der Waals surface area (Å²) >= 11 is 5.22. The highest BCUT2D eigenvalue weighted by Crippen LogP contribution is 2.10. The highest BCUT2D eigenvalue weighted by molar-refractivity contribution is 7.80. The molecule has 25 heavy (non-hydrogen) atoms. The predicted octanol–water partition coefficient (Wildman–Crippen LogP) is 2.51.